The number of Topliss-reactive ketones (excluding diaryl/α,β-unsaturated/α-hetero) is 1. The summed E-state index contributed by atoms with van der Waals surface area (Å²) in [6, 6.07) is 7.65. The Balaban J connectivity index is 2.49. The van der Waals surface area contributed by atoms with Crippen LogP contribution in [0, 0.1) is 6.92 Å². The highest BCUT2D eigenvalue weighted by atomic mass is 16.5. The fourth-order valence-corrected chi connectivity index (χ4v) is 2.73. The lowest BCUT2D eigenvalue weighted by Crippen LogP contribution is -2.33. The van der Waals surface area contributed by atoms with E-state index in [2.05, 4.69) is 0 Å². The maximum Gasteiger partial charge on any atom is 0.163 e. The van der Waals surface area contributed by atoms with Crippen LogP contribution >= 0.6 is 0 Å². The first-order chi connectivity index (χ1) is 8.92. The Hall–Kier alpha value is -1.87. The molecular formula is C16H16O3. The summed E-state index contributed by atoms with van der Waals surface area (Å²) in [7, 11) is 0. The van der Waals surface area contributed by atoms with E-state index in [9.17, 15) is 9.90 Å². The van der Waals surface area contributed by atoms with Gasteiger partial charge in [-0.3, -0.25) is 4.79 Å². The molecule has 0 radical (unpaired) electrons. The molecular weight excluding hydrogens is 240 g/mol. The molecule has 3 rings (SSSR count). The minimum atomic E-state index is -1.02. The minimum Gasteiger partial charge on any atom is -0.489 e. The minimum absolute atomic E-state index is 0.0223. The largest absolute Gasteiger partial charge is 0.489 e. The molecule has 3 nitrogen and oxygen atoms in total. The van der Waals surface area contributed by atoms with Gasteiger partial charge in [0.15, 0.2) is 5.78 Å². The molecule has 19 heavy (non-hydrogen) atoms. The van der Waals surface area contributed by atoms with Gasteiger partial charge in [0.25, 0.3) is 0 Å². The predicted octanol–water partition coefficient (Wildman–Crippen LogP) is 2.95. The molecule has 0 aliphatic carbocycles. The van der Waals surface area contributed by atoms with Crippen LogP contribution in [-0.4, -0.2) is 17.5 Å². The second-order valence-electron chi connectivity index (χ2n) is 5.41. The molecule has 0 bridgehead atoms. The van der Waals surface area contributed by atoms with Crippen molar-refractivity contribution in [3.8, 4) is 5.75 Å². The van der Waals surface area contributed by atoms with Gasteiger partial charge in [-0.2, -0.15) is 0 Å². The number of carbonyl (C=O) groups excluding carboxylic acids is 1. The van der Waals surface area contributed by atoms with Crippen molar-refractivity contribution in [2.75, 3.05) is 6.61 Å². The first-order valence-electron chi connectivity index (χ1n) is 6.35. The van der Waals surface area contributed by atoms with Gasteiger partial charge in [0.2, 0.25) is 0 Å². The van der Waals surface area contributed by atoms with Gasteiger partial charge >= 0.3 is 0 Å². The Kier molecular flexibility index (Phi) is 2.44. The lowest BCUT2D eigenvalue weighted by molar-refractivity contribution is 0.00345. The monoisotopic (exact) mass is 256 g/mol. The summed E-state index contributed by atoms with van der Waals surface area (Å²) < 4.78 is 5.69. The third kappa shape index (κ3) is 1.65. The summed E-state index contributed by atoms with van der Waals surface area (Å²) in [5.41, 5.74) is 1.50. The highest BCUT2D eigenvalue weighted by molar-refractivity contribution is 6.06. The van der Waals surface area contributed by atoms with Crippen molar-refractivity contribution < 1.29 is 14.6 Å². The lowest BCUT2D eigenvalue weighted by Gasteiger charge is -2.32. The van der Waals surface area contributed by atoms with Crippen molar-refractivity contribution in [3.63, 3.8) is 0 Å². The Labute approximate surface area is 111 Å². The van der Waals surface area contributed by atoms with Gasteiger partial charge in [-0.05, 0) is 43.4 Å². The third-order valence-corrected chi connectivity index (χ3v) is 3.81. The van der Waals surface area contributed by atoms with Gasteiger partial charge in [-0.25, -0.2) is 0 Å². The van der Waals surface area contributed by atoms with Crippen LogP contribution in [0.3, 0.4) is 0 Å². The fourth-order valence-electron chi connectivity index (χ4n) is 2.73. The van der Waals surface area contributed by atoms with Gasteiger partial charge in [0, 0.05) is 5.39 Å². The first kappa shape index (κ1) is 12.2. The molecule has 1 atom stereocenters. The van der Waals surface area contributed by atoms with Crippen molar-refractivity contribution in [2.45, 2.75) is 26.4 Å². The Morgan fingerprint density at radius 2 is 2.05 bits per heavy atom. The molecule has 0 fully saturated rings. The van der Waals surface area contributed by atoms with E-state index in [1.807, 2.05) is 25.1 Å². The normalized spacial score (nSPS) is 21.3. The molecule has 98 valence electrons. The molecule has 0 amide bonds. The highest BCUT2D eigenvalue weighted by Gasteiger charge is 2.33. The quantitative estimate of drug-likeness (QED) is 0.798. The number of hydrogen-bond acceptors (Lipinski definition) is 3. The van der Waals surface area contributed by atoms with E-state index in [1.54, 1.807) is 13.0 Å². The van der Waals surface area contributed by atoms with Crippen LogP contribution in [0.2, 0.25) is 0 Å². The van der Waals surface area contributed by atoms with E-state index < -0.39 is 5.60 Å². The van der Waals surface area contributed by atoms with Crippen LogP contribution in [0.1, 0.15) is 35.3 Å². The number of carbonyl (C=O) groups is 1. The van der Waals surface area contributed by atoms with E-state index >= 15 is 0 Å². The summed E-state index contributed by atoms with van der Waals surface area (Å²) in [5, 5.41) is 12.3. The van der Waals surface area contributed by atoms with Crippen LogP contribution in [-0.2, 0) is 5.60 Å². The standard InChI is InChI=1S/C16H16O3/c1-9-4-7-13-14-11(9)5-6-12(10(2)17)15(14)19-8-16(13,3)18/h4-7,18H,8H2,1-3H3. The molecule has 1 heterocycles. The van der Waals surface area contributed by atoms with Crippen molar-refractivity contribution >= 4 is 16.6 Å². The average molecular weight is 256 g/mol. The average Bonchev–Trinajstić information content (AvgIpc) is 2.35. The molecule has 2 aromatic rings. The van der Waals surface area contributed by atoms with Crippen LogP contribution in [0.5, 0.6) is 5.75 Å². The van der Waals surface area contributed by atoms with E-state index in [0.29, 0.717) is 11.3 Å². The number of rotatable bonds is 1. The number of aryl methyl sites for hydroxylation is 1. The Morgan fingerprint density at radius 3 is 2.74 bits per heavy atom. The van der Waals surface area contributed by atoms with Crippen molar-refractivity contribution in [2.24, 2.45) is 0 Å². The van der Waals surface area contributed by atoms with Crippen LogP contribution in [0.25, 0.3) is 10.8 Å². The zero-order valence-electron chi connectivity index (χ0n) is 11.3. The van der Waals surface area contributed by atoms with Crippen molar-refractivity contribution in [3.05, 3.63) is 41.0 Å². The van der Waals surface area contributed by atoms with Crippen molar-refractivity contribution in [1.29, 1.82) is 0 Å². The van der Waals surface area contributed by atoms with Crippen molar-refractivity contribution in [1.82, 2.24) is 0 Å². The summed E-state index contributed by atoms with van der Waals surface area (Å²) in [6.45, 7) is 5.45. The Bertz CT molecular complexity index is 699. The second kappa shape index (κ2) is 3.81. The van der Waals surface area contributed by atoms with Gasteiger partial charge in [0.05, 0.1) is 5.56 Å². The topological polar surface area (TPSA) is 46.5 Å². The highest BCUT2D eigenvalue weighted by Crippen LogP contribution is 2.42. The summed E-state index contributed by atoms with van der Waals surface area (Å²) in [5.74, 6) is 0.584. The first-order valence-corrected chi connectivity index (χ1v) is 6.35. The zero-order chi connectivity index (χ0) is 13.8. The fraction of sp³-hybridized carbons (Fsp3) is 0.312. The van der Waals surface area contributed by atoms with E-state index in [1.165, 1.54) is 6.92 Å². The van der Waals surface area contributed by atoms with E-state index in [-0.39, 0.29) is 12.4 Å². The molecule has 1 unspecified atom stereocenters. The second-order valence-corrected chi connectivity index (χ2v) is 5.41. The molecule has 0 saturated carbocycles. The molecule has 2 aromatic carbocycles. The maximum absolute atomic E-state index is 11.7. The molecule has 1 N–H and O–H groups in total. The van der Waals surface area contributed by atoms with Crippen LogP contribution < -0.4 is 4.74 Å². The number of ether oxygens (including phenoxy) is 1. The van der Waals surface area contributed by atoms with Gasteiger partial charge in [0.1, 0.15) is 18.0 Å². The molecule has 1 aliphatic heterocycles. The molecule has 1 aliphatic rings. The summed E-state index contributed by atoms with van der Waals surface area (Å²) in [6.07, 6.45) is 0. The summed E-state index contributed by atoms with van der Waals surface area (Å²) in [4.78, 5) is 11.7. The molecule has 3 heteroatoms. The summed E-state index contributed by atoms with van der Waals surface area (Å²) >= 11 is 0. The van der Waals surface area contributed by atoms with E-state index in [4.69, 9.17) is 4.74 Å². The Morgan fingerprint density at radius 1 is 1.32 bits per heavy atom. The molecule has 0 aromatic heterocycles. The molecule has 0 saturated heterocycles. The predicted molar refractivity (Wildman–Crippen MR) is 73.8 cm³/mol. The van der Waals surface area contributed by atoms with Crippen LogP contribution in [0.15, 0.2) is 24.3 Å². The molecule has 0 spiro atoms. The number of ketones is 1. The number of aliphatic hydroxyl groups is 1. The van der Waals surface area contributed by atoms with Gasteiger partial charge in [-0.1, -0.05) is 18.2 Å². The smallest absolute Gasteiger partial charge is 0.163 e. The third-order valence-electron chi connectivity index (χ3n) is 3.81. The lowest BCUT2D eigenvalue weighted by atomic mass is 9.86. The number of hydrogen-bond donors (Lipinski definition) is 1. The number of benzene rings is 2. The zero-order valence-corrected chi connectivity index (χ0v) is 11.3. The van der Waals surface area contributed by atoms with Gasteiger partial charge in [-0.15, -0.1) is 0 Å². The van der Waals surface area contributed by atoms with E-state index in [0.717, 1.165) is 21.9 Å². The van der Waals surface area contributed by atoms with Gasteiger partial charge < -0.3 is 9.84 Å². The van der Waals surface area contributed by atoms with Crippen LogP contribution in [0.4, 0.5) is 0 Å². The maximum atomic E-state index is 11.7. The SMILES string of the molecule is CC(=O)c1ccc2c(C)ccc3c2c1OCC3(C)O.